The number of halogens is 1. The normalized spacial score (nSPS) is 8.50. The van der Waals surface area contributed by atoms with Crippen molar-refractivity contribution in [3.8, 4) is 0 Å². The van der Waals surface area contributed by atoms with Crippen molar-refractivity contribution in [3.63, 3.8) is 0 Å². The van der Waals surface area contributed by atoms with E-state index in [1.54, 1.807) is 0 Å². The molecule has 4 heavy (non-hydrogen) atoms. The summed E-state index contributed by atoms with van der Waals surface area (Å²) in [6.07, 6.45) is 0. The maximum atomic E-state index is 8.99. The van der Waals surface area contributed by atoms with E-state index in [2.05, 4.69) is 10.7 Å². The summed E-state index contributed by atoms with van der Waals surface area (Å²) >= 11 is 0. The van der Waals surface area contributed by atoms with Crippen LogP contribution in [-0.4, -0.2) is 0 Å². The molecule has 0 aromatic heterocycles. The van der Waals surface area contributed by atoms with Crippen LogP contribution >= 0.6 is 10.7 Å². The number of nitrogens with one attached hydrogen (secondary N) is 1. The first-order valence-corrected chi connectivity index (χ1v) is 2.50. The lowest BCUT2D eigenvalue weighted by atomic mass is 14.0. The number of hydrogen-bond acceptors (Lipinski definition) is 3. The minimum absolute atomic E-state index is 1.89. The SMILES string of the molecule is N=[S-](=O)Cl. The zero-order chi connectivity index (χ0) is 3.58. The average Bonchev–Trinajstić information content (AvgIpc) is 0.811. The molecule has 2 nitrogen and oxygen atoms in total. The third kappa shape index (κ3) is 59.8. The van der Waals surface area contributed by atoms with E-state index in [0.29, 0.717) is 0 Å². The van der Waals surface area contributed by atoms with Crippen molar-refractivity contribution in [2.75, 3.05) is 0 Å². The molecule has 1 N–H and O–H groups in total. The Morgan fingerprint density at radius 2 is 2.00 bits per heavy atom. The van der Waals surface area contributed by atoms with Crippen molar-refractivity contribution in [1.82, 2.24) is 0 Å². The smallest absolute Gasteiger partial charge is 0.107 e. The summed E-state index contributed by atoms with van der Waals surface area (Å²) in [7, 11) is 2.52. The Morgan fingerprint density at radius 1 is 2.00 bits per heavy atom. The predicted molar refractivity (Wildman–Crippen MR) is 16.6 cm³/mol. The highest BCUT2D eigenvalue weighted by atomic mass is 35.7. The third-order valence-corrected chi connectivity index (χ3v) is 0. The zero-order valence-corrected chi connectivity index (χ0v) is 3.27. The van der Waals surface area contributed by atoms with Crippen molar-refractivity contribution in [2.45, 2.75) is 0 Å². The Morgan fingerprint density at radius 3 is 2.00 bits per heavy atom. The number of rotatable bonds is 0. The molecule has 0 aromatic rings. The van der Waals surface area contributed by atoms with Gasteiger partial charge in [-0.3, -0.25) is 0 Å². The van der Waals surface area contributed by atoms with E-state index >= 15 is 0 Å². The lowest BCUT2D eigenvalue weighted by molar-refractivity contribution is 0.605. The highest BCUT2D eigenvalue weighted by Gasteiger charge is 1.21. The van der Waals surface area contributed by atoms with Crippen LogP contribution < -0.4 is 0 Å². The molecule has 0 rings (SSSR count). The predicted octanol–water partition coefficient (Wildman–Crippen LogP) is 0.866. The second-order valence-corrected chi connectivity index (χ2v) is 1.51. The van der Waals surface area contributed by atoms with Gasteiger partial charge in [0.05, 0.1) is 0 Å². The van der Waals surface area contributed by atoms with Crippen molar-refractivity contribution < 1.29 is 4.21 Å². The van der Waals surface area contributed by atoms with Gasteiger partial charge in [-0.15, -0.1) is 9.81 Å². The van der Waals surface area contributed by atoms with E-state index in [1.165, 1.54) is 0 Å². The van der Waals surface area contributed by atoms with Gasteiger partial charge in [-0.25, -0.2) is 10.7 Å². The molecule has 0 saturated carbocycles. The van der Waals surface area contributed by atoms with Crippen LogP contribution in [0.1, 0.15) is 0 Å². The molecular formula is HClNOS-. The molecule has 0 radical (unpaired) electrons. The van der Waals surface area contributed by atoms with Crippen LogP contribution in [0.4, 0.5) is 0 Å². The van der Waals surface area contributed by atoms with Gasteiger partial charge in [-0.05, 0) is 0 Å². The molecule has 0 aromatic carbocycles. The van der Waals surface area contributed by atoms with Crippen LogP contribution in [0.2, 0.25) is 0 Å². The summed E-state index contributed by atoms with van der Waals surface area (Å²) in [5, 5.41) is 0. The first-order valence-electron chi connectivity index (χ1n) is 0.525. The van der Waals surface area contributed by atoms with E-state index in [9.17, 15) is 0 Å². The molecule has 0 spiro atoms. The van der Waals surface area contributed by atoms with Gasteiger partial charge < -0.3 is 8.99 Å². The molecule has 26 valence electrons. The van der Waals surface area contributed by atoms with Gasteiger partial charge >= 0.3 is 0 Å². The van der Waals surface area contributed by atoms with Crippen molar-refractivity contribution in [1.29, 1.82) is 4.78 Å². The minimum Gasteiger partial charge on any atom is -0.430 e. The van der Waals surface area contributed by atoms with Gasteiger partial charge in [0, 0.05) is 0 Å². The summed E-state index contributed by atoms with van der Waals surface area (Å²) in [6, 6.07) is 0. The molecular weight excluding hydrogens is 97.5 g/mol. The molecule has 0 aliphatic rings. The summed E-state index contributed by atoms with van der Waals surface area (Å²) < 4.78 is 14.8. The van der Waals surface area contributed by atoms with Crippen molar-refractivity contribution in [3.05, 3.63) is 0 Å². The van der Waals surface area contributed by atoms with E-state index in [4.69, 9.17) is 8.99 Å². The summed E-state index contributed by atoms with van der Waals surface area (Å²) in [5.41, 5.74) is 0. The number of hydrogen-bond donors (Lipinski definition) is 1. The quantitative estimate of drug-likeness (QED) is 0.354. The molecule has 0 atom stereocenters. The Hall–Kier alpha value is 0.240. The fourth-order valence-electron chi connectivity index (χ4n) is 0. The molecule has 0 saturated heterocycles. The van der Waals surface area contributed by atoms with Gasteiger partial charge in [0.15, 0.2) is 0 Å². The van der Waals surface area contributed by atoms with Crippen LogP contribution in [-0.2, 0) is 14.0 Å². The van der Waals surface area contributed by atoms with Gasteiger partial charge in [-0.2, -0.15) is 0 Å². The highest BCUT2D eigenvalue weighted by Crippen LogP contribution is 1.65. The fraction of sp³-hybridized carbons (Fsp3) is 0. The summed E-state index contributed by atoms with van der Waals surface area (Å²) in [4.78, 5) is 0. The second kappa shape index (κ2) is 1.55. The van der Waals surface area contributed by atoms with Crippen LogP contribution in [0.25, 0.3) is 0 Å². The molecule has 0 bridgehead atoms. The molecule has 0 unspecified atom stereocenters. The first kappa shape index (κ1) is 4.24. The largest absolute Gasteiger partial charge is 0.430 e. The standard InChI is InChI=1S/ClHNOS/c1-4(2)3/h2H/q-1. The third-order valence-electron chi connectivity index (χ3n) is 0. The lowest BCUT2D eigenvalue weighted by Crippen LogP contribution is -1.29. The molecule has 0 heterocycles. The van der Waals surface area contributed by atoms with Gasteiger partial charge in [0.1, 0.15) is 0 Å². The lowest BCUT2D eigenvalue weighted by Gasteiger charge is -1.63. The average molecular weight is 98.5 g/mol. The van der Waals surface area contributed by atoms with E-state index in [-0.39, 0.29) is 0 Å². The van der Waals surface area contributed by atoms with Gasteiger partial charge in [0.2, 0.25) is 0 Å². The maximum absolute atomic E-state index is 8.99. The van der Waals surface area contributed by atoms with Crippen molar-refractivity contribution in [2.24, 2.45) is 0 Å². The Labute approximate surface area is 30.3 Å². The molecule has 4 heteroatoms. The van der Waals surface area contributed by atoms with Gasteiger partial charge in [0.25, 0.3) is 0 Å². The summed E-state index contributed by atoms with van der Waals surface area (Å²) in [6.45, 7) is 0. The zero-order valence-electron chi connectivity index (χ0n) is 1.69. The topological polar surface area (TPSA) is 40.9 Å². The monoisotopic (exact) mass is 97.9 g/mol. The van der Waals surface area contributed by atoms with Crippen LogP contribution in [0.15, 0.2) is 0 Å². The van der Waals surface area contributed by atoms with E-state index in [1.807, 2.05) is 0 Å². The second-order valence-electron chi connectivity index (χ2n) is 0.223. The minimum atomic E-state index is -1.89. The van der Waals surface area contributed by atoms with Crippen LogP contribution in [0, 0.1) is 4.78 Å². The van der Waals surface area contributed by atoms with Gasteiger partial charge in [-0.1, -0.05) is 0 Å². The fourth-order valence-corrected chi connectivity index (χ4v) is 0. The molecule has 0 fully saturated rings. The Kier molecular flexibility index (Phi) is 1.64. The van der Waals surface area contributed by atoms with Crippen LogP contribution in [0.5, 0.6) is 0 Å². The Bertz CT molecular complexity index is 56.4. The molecule has 0 aliphatic carbocycles. The first-order chi connectivity index (χ1) is 1.73. The van der Waals surface area contributed by atoms with E-state index < -0.39 is 9.81 Å². The summed E-state index contributed by atoms with van der Waals surface area (Å²) in [5.74, 6) is 0. The molecule has 0 amide bonds. The Balaban J connectivity index is 3.51. The van der Waals surface area contributed by atoms with Crippen molar-refractivity contribution >= 4 is 20.5 Å². The van der Waals surface area contributed by atoms with Crippen LogP contribution in [0.3, 0.4) is 0 Å². The maximum Gasteiger partial charge on any atom is -0.107 e. The highest BCUT2D eigenvalue weighted by molar-refractivity contribution is 7.98. The molecule has 0 aliphatic heterocycles. The van der Waals surface area contributed by atoms with E-state index in [0.717, 1.165) is 0 Å².